The van der Waals surface area contributed by atoms with Gasteiger partial charge in [0, 0.05) is 21.3 Å². The van der Waals surface area contributed by atoms with Crippen molar-refractivity contribution in [3.05, 3.63) is 54.1 Å². The number of piperidine rings is 1. The number of para-hydroxylation sites is 1. The number of nitrogens with one attached hydrogen (secondary N) is 2. The van der Waals surface area contributed by atoms with E-state index in [0.717, 1.165) is 25.2 Å². The lowest BCUT2D eigenvalue weighted by atomic mass is 9.87. The van der Waals surface area contributed by atoms with E-state index in [1.807, 2.05) is 17.4 Å². The maximum atomic E-state index is 10.9. The predicted molar refractivity (Wildman–Crippen MR) is 118 cm³/mol. The van der Waals surface area contributed by atoms with Crippen molar-refractivity contribution in [3.63, 3.8) is 0 Å². The molecule has 0 aliphatic carbocycles. The summed E-state index contributed by atoms with van der Waals surface area (Å²) in [7, 11) is 2.20. The quantitative estimate of drug-likeness (QED) is 0.457. The number of amides is 1. The van der Waals surface area contributed by atoms with Crippen molar-refractivity contribution >= 4 is 44.4 Å². The number of fused-ring (bicyclic) bond motifs is 2. The van der Waals surface area contributed by atoms with Crippen LogP contribution in [0, 0.1) is 0 Å². The first-order chi connectivity index (χ1) is 13.7. The van der Waals surface area contributed by atoms with Crippen LogP contribution in [-0.2, 0) is 4.79 Å². The second-order valence-electron chi connectivity index (χ2n) is 7.67. The first-order valence-corrected chi connectivity index (χ1v) is 10.6. The molecule has 5 heteroatoms. The summed E-state index contributed by atoms with van der Waals surface area (Å²) < 4.78 is 1.28. The van der Waals surface area contributed by atoms with Crippen molar-refractivity contribution in [2.45, 2.75) is 18.8 Å². The molecule has 0 saturated carbocycles. The van der Waals surface area contributed by atoms with Gasteiger partial charge in [-0.3, -0.25) is 4.79 Å². The van der Waals surface area contributed by atoms with Gasteiger partial charge in [0.2, 0.25) is 6.41 Å². The van der Waals surface area contributed by atoms with Gasteiger partial charge < -0.3 is 15.2 Å². The normalized spacial score (nSPS) is 16.0. The second kappa shape index (κ2) is 7.08. The summed E-state index contributed by atoms with van der Waals surface area (Å²) in [6, 6.07) is 17.0. The Morgan fingerprint density at radius 2 is 1.96 bits per heavy atom. The van der Waals surface area contributed by atoms with E-state index >= 15 is 0 Å². The third-order valence-electron chi connectivity index (χ3n) is 5.85. The van der Waals surface area contributed by atoms with Crippen LogP contribution in [0.1, 0.15) is 24.3 Å². The molecule has 4 aromatic rings. The number of thiophene rings is 1. The molecule has 142 valence electrons. The lowest BCUT2D eigenvalue weighted by molar-refractivity contribution is -0.105. The van der Waals surface area contributed by atoms with Crippen molar-refractivity contribution in [3.8, 4) is 10.6 Å². The molecule has 0 unspecified atom stereocenters. The van der Waals surface area contributed by atoms with Crippen LogP contribution in [0.2, 0.25) is 0 Å². The van der Waals surface area contributed by atoms with Crippen LogP contribution in [0.5, 0.6) is 0 Å². The molecule has 0 radical (unpaired) electrons. The Morgan fingerprint density at radius 3 is 2.75 bits per heavy atom. The Kier molecular flexibility index (Phi) is 4.41. The highest BCUT2D eigenvalue weighted by atomic mass is 32.1. The van der Waals surface area contributed by atoms with Gasteiger partial charge in [-0.1, -0.05) is 18.2 Å². The molecule has 0 atom stereocenters. The number of H-pyrrole nitrogens is 1. The molecule has 5 rings (SSSR count). The minimum Gasteiger partial charge on any atom is -0.354 e. The number of carbonyl (C=O) groups is 1. The molecule has 1 aliphatic heterocycles. The minimum absolute atomic E-state index is 0.540. The molecule has 1 saturated heterocycles. The first-order valence-electron chi connectivity index (χ1n) is 9.76. The Bertz CT molecular complexity index is 1120. The van der Waals surface area contributed by atoms with Gasteiger partial charge in [-0.05, 0) is 80.2 Å². The summed E-state index contributed by atoms with van der Waals surface area (Å²) in [6.45, 7) is 2.25. The van der Waals surface area contributed by atoms with Crippen molar-refractivity contribution in [2.24, 2.45) is 0 Å². The number of hydrogen-bond donors (Lipinski definition) is 2. The zero-order valence-corrected chi connectivity index (χ0v) is 16.7. The predicted octanol–water partition coefficient (Wildman–Crippen LogP) is 5.43. The van der Waals surface area contributed by atoms with Gasteiger partial charge in [-0.2, -0.15) is 0 Å². The summed E-state index contributed by atoms with van der Waals surface area (Å²) in [5.41, 5.74) is 4.67. The van der Waals surface area contributed by atoms with E-state index in [-0.39, 0.29) is 0 Å². The molecule has 0 spiro atoms. The molecule has 2 aromatic carbocycles. The Morgan fingerprint density at radius 1 is 1.14 bits per heavy atom. The van der Waals surface area contributed by atoms with E-state index < -0.39 is 0 Å². The van der Waals surface area contributed by atoms with Crippen molar-refractivity contribution < 1.29 is 4.79 Å². The van der Waals surface area contributed by atoms with E-state index in [1.165, 1.54) is 50.0 Å². The molecular formula is C23H23N3OS. The SMILES string of the molecule is CN1CCC(c2c(-c3cc4ccccc4[nH]3)sc3ccc(NC=O)cc23)CC1. The number of carbonyl (C=O) groups excluding carboxylic acids is 1. The highest BCUT2D eigenvalue weighted by Gasteiger charge is 2.26. The Balaban J connectivity index is 1.70. The summed E-state index contributed by atoms with van der Waals surface area (Å²) >= 11 is 1.85. The summed E-state index contributed by atoms with van der Waals surface area (Å²) in [6.07, 6.45) is 3.09. The Hall–Kier alpha value is -2.63. The lowest BCUT2D eigenvalue weighted by Crippen LogP contribution is -2.29. The van der Waals surface area contributed by atoms with Crippen molar-refractivity contribution in [2.75, 3.05) is 25.5 Å². The molecule has 2 N–H and O–H groups in total. The number of hydrogen-bond acceptors (Lipinski definition) is 3. The second-order valence-corrected chi connectivity index (χ2v) is 8.72. The molecule has 1 aliphatic rings. The molecule has 28 heavy (non-hydrogen) atoms. The van der Waals surface area contributed by atoms with Crippen LogP contribution >= 0.6 is 11.3 Å². The zero-order chi connectivity index (χ0) is 19.1. The highest BCUT2D eigenvalue weighted by molar-refractivity contribution is 7.22. The number of benzene rings is 2. The maximum absolute atomic E-state index is 10.9. The van der Waals surface area contributed by atoms with Gasteiger partial charge in [0.25, 0.3) is 0 Å². The fourth-order valence-electron chi connectivity index (χ4n) is 4.37. The van der Waals surface area contributed by atoms with E-state index in [9.17, 15) is 4.79 Å². The number of anilines is 1. The average Bonchev–Trinajstić information content (AvgIpc) is 3.30. The smallest absolute Gasteiger partial charge is 0.211 e. The third kappa shape index (κ3) is 3.01. The van der Waals surface area contributed by atoms with Crippen molar-refractivity contribution in [1.82, 2.24) is 9.88 Å². The van der Waals surface area contributed by atoms with Gasteiger partial charge in [-0.25, -0.2) is 0 Å². The lowest BCUT2D eigenvalue weighted by Gasteiger charge is -2.29. The number of rotatable bonds is 4. The van der Waals surface area contributed by atoms with E-state index in [1.54, 1.807) is 0 Å². The van der Waals surface area contributed by atoms with Gasteiger partial charge in [0.05, 0.1) is 10.6 Å². The highest BCUT2D eigenvalue weighted by Crippen LogP contribution is 2.46. The molecular weight excluding hydrogens is 366 g/mol. The molecule has 1 fully saturated rings. The fraction of sp³-hybridized carbons (Fsp3) is 0.261. The molecule has 1 amide bonds. The van der Waals surface area contributed by atoms with Crippen LogP contribution < -0.4 is 5.32 Å². The largest absolute Gasteiger partial charge is 0.354 e. The van der Waals surface area contributed by atoms with Crippen LogP contribution in [0.4, 0.5) is 5.69 Å². The van der Waals surface area contributed by atoms with E-state index in [4.69, 9.17) is 0 Å². The number of likely N-dealkylation sites (tertiary alicyclic amines) is 1. The van der Waals surface area contributed by atoms with Crippen LogP contribution in [0.25, 0.3) is 31.6 Å². The summed E-state index contributed by atoms with van der Waals surface area (Å²) in [5, 5.41) is 5.34. The Labute approximate surface area is 168 Å². The van der Waals surface area contributed by atoms with Crippen LogP contribution in [-0.4, -0.2) is 36.4 Å². The molecule has 4 nitrogen and oxygen atoms in total. The van der Waals surface area contributed by atoms with Crippen LogP contribution in [0.15, 0.2) is 48.5 Å². The van der Waals surface area contributed by atoms with Crippen LogP contribution in [0.3, 0.4) is 0 Å². The molecule has 2 aromatic heterocycles. The molecule has 0 bridgehead atoms. The summed E-state index contributed by atoms with van der Waals surface area (Å²) in [4.78, 5) is 18.3. The van der Waals surface area contributed by atoms with Gasteiger partial charge in [0.15, 0.2) is 0 Å². The first kappa shape index (κ1) is 17.5. The topological polar surface area (TPSA) is 48.1 Å². The monoisotopic (exact) mass is 389 g/mol. The summed E-state index contributed by atoms with van der Waals surface area (Å²) in [5.74, 6) is 0.540. The number of aromatic amines is 1. The van der Waals surface area contributed by atoms with Gasteiger partial charge >= 0.3 is 0 Å². The fourth-order valence-corrected chi connectivity index (χ4v) is 5.61. The zero-order valence-electron chi connectivity index (χ0n) is 15.9. The standard InChI is InChI=1S/C23H23N3OS/c1-26-10-8-15(9-11-26)22-18-13-17(24-14-27)6-7-21(18)28-23(22)20-12-16-4-2-3-5-19(16)25-20/h2-7,12-15,25H,8-11H2,1H3,(H,24,27). The van der Waals surface area contributed by atoms with Gasteiger partial charge in [0.1, 0.15) is 0 Å². The average molecular weight is 390 g/mol. The van der Waals surface area contributed by atoms with E-state index in [0.29, 0.717) is 5.92 Å². The van der Waals surface area contributed by atoms with Crippen molar-refractivity contribution in [1.29, 1.82) is 0 Å². The number of nitrogens with zero attached hydrogens (tertiary/aromatic N) is 1. The minimum atomic E-state index is 0.540. The van der Waals surface area contributed by atoms with Gasteiger partial charge in [-0.15, -0.1) is 11.3 Å². The third-order valence-corrected chi connectivity index (χ3v) is 7.07. The molecule has 3 heterocycles. The number of aromatic nitrogens is 1. The maximum Gasteiger partial charge on any atom is 0.211 e. The van der Waals surface area contributed by atoms with E-state index in [2.05, 4.69) is 64.7 Å².